The summed E-state index contributed by atoms with van der Waals surface area (Å²) in [5, 5.41) is 20.1. The van der Waals surface area contributed by atoms with E-state index in [1.807, 2.05) is 0 Å². The molecule has 5 N–H and O–H groups in total. The summed E-state index contributed by atoms with van der Waals surface area (Å²) in [6, 6.07) is 5.13. The normalized spacial score (nSPS) is 22.4. The van der Waals surface area contributed by atoms with Crippen molar-refractivity contribution in [1.29, 1.82) is 0 Å². The fourth-order valence-corrected chi connectivity index (χ4v) is 2.86. The zero-order chi connectivity index (χ0) is 18.6. The number of benzene rings is 1. The molecule has 0 radical (unpaired) electrons. The van der Waals surface area contributed by atoms with Gasteiger partial charge in [-0.25, -0.2) is 9.59 Å². The maximum Gasteiger partial charge on any atom is 0.351 e. The number of halogens is 1. The number of hydrogen-bond acceptors (Lipinski definition) is 5. The van der Waals surface area contributed by atoms with E-state index < -0.39 is 41.3 Å². The minimum atomic E-state index is -1.39. The molecule has 2 rings (SSSR count). The Kier molecular flexibility index (Phi) is 6.11. The third kappa shape index (κ3) is 4.55. The first kappa shape index (κ1) is 18.9. The minimum absolute atomic E-state index is 0.239. The maximum atomic E-state index is 12.3. The highest BCUT2D eigenvalue weighted by Crippen LogP contribution is 2.22. The Bertz CT molecular complexity index is 694. The number of rotatable bonds is 6. The third-order valence-corrected chi connectivity index (χ3v) is 4.35. The molecule has 0 fully saturated rings. The van der Waals surface area contributed by atoms with Crippen molar-refractivity contribution in [3.05, 3.63) is 35.9 Å². The van der Waals surface area contributed by atoms with Gasteiger partial charge >= 0.3 is 11.9 Å². The number of hydrogen-bond donors (Lipinski definition) is 4. The Morgan fingerprint density at radius 3 is 2.40 bits per heavy atom. The topological polar surface area (TPSA) is 142 Å². The molecule has 1 unspecified atom stereocenters. The molecule has 9 heteroatoms. The van der Waals surface area contributed by atoms with Crippen molar-refractivity contribution in [1.82, 2.24) is 5.32 Å². The number of carbonyl (C=O) groups is 3. The van der Waals surface area contributed by atoms with Crippen LogP contribution in [0.4, 0.5) is 0 Å². The van der Waals surface area contributed by atoms with Crippen LogP contribution in [0.15, 0.2) is 35.3 Å². The van der Waals surface area contributed by atoms with Gasteiger partial charge in [0, 0.05) is 0 Å². The number of carbonyl (C=O) groups excluding carboxylic acids is 1. The summed E-state index contributed by atoms with van der Waals surface area (Å²) in [7, 11) is 0. The van der Waals surface area contributed by atoms with Gasteiger partial charge in [0.05, 0.1) is 11.4 Å². The molecule has 25 heavy (non-hydrogen) atoms. The van der Waals surface area contributed by atoms with Crippen molar-refractivity contribution in [2.75, 3.05) is 0 Å². The average molecular weight is 368 g/mol. The zero-order valence-corrected chi connectivity index (χ0v) is 13.9. The smallest absolute Gasteiger partial charge is 0.351 e. The van der Waals surface area contributed by atoms with Gasteiger partial charge in [-0.1, -0.05) is 30.3 Å². The summed E-state index contributed by atoms with van der Waals surface area (Å²) in [6.07, 6.45) is 0.491. The largest absolute Gasteiger partial charge is 0.480 e. The first-order valence-electron chi connectivity index (χ1n) is 7.60. The Labute approximate surface area is 148 Å². The number of nitrogens with zero attached hydrogens (tertiary/aromatic N) is 1. The van der Waals surface area contributed by atoms with Crippen LogP contribution in [0.25, 0.3) is 0 Å². The lowest BCUT2D eigenvalue weighted by atomic mass is 9.96. The Morgan fingerprint density at radius 1 is 1.20 bits per heavy atom. The van der Waals surface area contributed by atoms with Crippen molar-refractivity contribution >= 4 is 35.2 Å². The van der Waals surface area contributed by atoms with E-state index in [4.69, 9.17) is 22.4 Å². The SMILES string of the molecule is N[C@@H](C(=O)N[C@H](C(=O)O)[C@H]1CCC(Cl)C(C(=O)O)=N1)c1ccccc1. The van der Waals surface area contributed by atoms with E-state index in [1.165, 1.54) is 0 Å². The highest BCUT2D eigenvalue weighted by Gasteiger charge is 2.36. The van der Waals surface area contributed by atoms with Gasteiger partial charge in [-0.3, -0.25) is 9.79 Å². The van der Waals surface area contributed by atoms with Crippen LogP contribution in [-0.2, 0) is 14.4 Å². The molecule has 0 aromatic heterocycles. The number of nitrogens with one attached hydrogen (secondary N) is 1. The van der Waals surface area contributed by atoms with Crippen LogP contribution in [0.1, 0.15) is 24.4 Å². The quantitative estimate of drug-likeness (QED) is 0.541. The molecule has 0 saturated heterocycles. The summed E-state index contributed by atoms with van der Waals surface area (Å²) >= 11 is 5.90. The lowest BCUT2D eigenvalue weighted by Gasteiger charge is -2.28. The second-order valence-corrected chi connectivity index (χ2v) is 6.17. The molecule has 8 nitrogen and oxygen atoms in total. The van der Waals surface area contributed by atoms with Crippen LogP contribution in [0.3, 0.4) is 0 Å². The van der Waals surface area contributed by atoms with E-state index >= 15 is 0 Å². The minimum Gasteiger partial charge on any atom is -0.480 e. The van der Waals surface area contributed by atoms with Crippen molar-refractivity contribution < 1.29 is 24.6 Å². The fraction of sp³-hybridized carbons (Fsp3) is 0.375. The first-order valence-corrected chi connectivity index (χ1v) is 8.03. The summed E-state index contributed by atoms with van der Waals surface area (Å²) in [4.78, 5) is 38.9. The van der Waals surface area contributed by atoms with Crippen LogP contribution in [-0.4, -0.2) is 51.2 Å². The Morgan fingerprint density at radius 2 is 1.84 bits per heavy atom. The fourth-order valence-electron chi connectivity index (χ4n) is 2.59. The van der Waals surface area contributed by atoms with Gasteiger partial charge in [-0.2, -0.15) is 0 Å². The molecule has 1 aromatic rings. The number of nitrogens with two attached hydrogens (primary N) is 1. The van der Waals surface area contributed by atoms with E-state index in [0.717, 1.165) is 0 Å². The van der Waals surface area contributed by atoms with Crippen LogP contribution >= 0.6 is 11.6 Å². The average Bonchev–Trinajstić information content (AvgIpc) is 2.59. The molecule has 0 bridgehead atoms. The lowest BCUT2D eigenvalue weighted by molar-refractivity contribution is -0.142. The standard InChI is InChI=1S/C16H18ClN3O5/c17-9-6-7-10(19-12(9)15(22)23)13(16(24)25)20-14(21)11(18)8-4-2-1-3-5-8/h1-5,9-11,13H,6-7,18H2,(H,20,21)(H,22,23)(H,24,25)/t9?,10-,11-,13+/m1/s1. The second-order valence-electron chi connectivity index (χ2n) is 5.64. The predicted molar refractivity (Wildman–Crippen MR) is 90.7 cm³/mol. The molecule has 1 aromatic carbocycles. The highest BCUT2D eigenvalue weighted by molar-refractivity contribution is 6.49. The van der Waals surface area contributed by atoms with Crippen LogP contribution in [0.5, 0.6) is 0 Å². The van der Waals surface area contributed by atoms with E-state index in [9.17, 15) is 19.5 Å². The molecule has 0 aliphatic carbocycles. The van der Waals surface area contributed by atoms with E-state index in [-0.39, 0.29) is 18.6 Å². The zero-order valence-electron chi connectivity index (χ0n) is 13.1. The number of carboxylic acids is 2. The van der Waals surface area contributed by atoms with Gasteiger partial charge < -0.3 is 21.3 Å². The van der Waals surface area contributed by atoms with Gasteiger partial charge in [0.25, 0.3) is 0 Å². The molecule has 0 spiro atoms. The van der Waals surface area contributed by atoms with Crippen LogP contribution in [0, 0.1) is 0 Å². The van der Waals surface area contributed by atoms with Crippen molar-refractivity contribution in [2.24, 2.45) is 10.7 Å². The molecular weight excluding hydrogens is 350 g/mol. The molecular formula is C16H18ClN3O5. The molecule has 1 aliphatic rings. The number of carboxylic acid groups (broad SMARTS) is 2. The van der Waals surface area contributed by atoms with Crippen LogP contribution in [0.2, 0.25) is 0 Å². The number of amides is 1. The summed E-state index contributed by atoms with van der Waals surface area (Å²) < 4.78 is 0. The third-order valence-electron chi connectivity index (χ3n) is 3.93. The van der Waals surface area contributed by atoms with Crippen LogP contribution < -0.4 is 11.1 Å². The van der Waals surface area contributed by atoms with E-state index in [1.54, 1.807) is 30.3 Å². The summed E-state index contributed by atoms with van der Waals surface area (Å²) in [5.74, 6) is -3.31. The van der Waals surface area contributed by atoms with Gasteiger partial charge in [0.15, 0.2) is 0 Å². The Hall–Kier alpha value is -2.45. The maximum absolute atomic E-state index is 12.3. The highest BCUT2D eigenvalue weighted by atomic mass is 35.5. The molecule has 4 atom stereocenters. The number of aliphatic carboxylic acids is 2. The van der Waals surface area contributed by atoms with Crippen molar-refractivity contribution in [3.8, 4) is 0 Å². The first-order chi connectivity index (χ1) is 11.8. The van der Waals surface area contributed by atoms with E-state index in [0.29, 0.717) is 5.56 Å². The van der Waals surface area contributed by atoms with Gasteiger partial charge in [0.1, 0.15) is 17.8 Å². The summed E-state index contributed by atoms with van der Waals surface area (Å²) in [5.41, 5.74) is 6.09. The monoisotopic (exact) mass is 367 g/mol. The summed E-state index contributed by atoms with van der Waals surface area (Å²) in [6.45, 7) is 0. The predicted octanol–water partition coefficient (Wildman–Crippen LogP) is 0.551. The van der Waals surface area contributed by atoms with Crippen molar-refractivity contribution in [2.45, 2.75) is 36.3 Å². The molecule has 1 aliphatic heterocycles. The Balaban J connectivity index is 2.17. The molecule has 1 heterocycles. The van der Waals surface area contributed by atoms with Gasteiger partial charge in [-0.05, 0) is 18.4 Å². The lowest BCUT2D eigenvalue weighted by Crippen LogP contribution is -2.52. The number of alkyl halides is 1. The molecule has 1 amide bonds. The second kappa shape index (κ2) is 8.09. The molecule has 0 saturated carbocycles. The van der Waals surface area contributed by atoms with Gasteiger partial charge in [-0.15, -0.1) is 11.6 Å². The molecule has 134 valence electrons. The van der Waals surface area contributed by atoms with Gasteiger partial charge in [0.2, 0.25) is 5.91 Å². The number of aliphatic imine (C=N–C) groups is 1. The van der Waals surface area contributed by atoms with Crippen molar-refractivity contribution in [3.63, 3.8) is 0 Å². The van der Waals surface area contributed by atoms with E-state index in [2.05, 4.69) is 10.3 Å².